The zero-order valence-electron chi connectivity index (χ0n) is 22.9. The molecule has 4 heteroatoms. The van der Waals surface area contributed by atoms with Crippen LogP contribution in [-0.4, -0.2) is 24.9 Å². The lowest BCUT2D eigenvalue weighted by Gasteiger charge is -2.09. The molecule has 2 unspecified atom stereocenters. The minimum atomic E-state index is -0.0657. The minimum Gasteiger partial charge on any atom is -0.352 e. The van der Waals surface area contributed by atoms with E-state index in [1.165, 1.54) is 0 Å². The number of hydrogen-bond donors (Lipinski definition) is 2. The molecule has 2 N–H and O–H groups in total. The molecule has 0 aromatic heterocycles. The largest absolute Gasteiger partial charge is 0.352 e. The lowest BCUT2D eigenvalue weighted by molar-refractivity contribution is -0.118. The van der Waals surface area contributed by atoms with Gasteiger partial charge >= 0.3 is 0 Å². The fourth-order valence-electron chi connectivity index (χ4n) is 3.01. The molecule has 37 heavy (non-hydrogen) atoms. The highest BCUT2D eigenvalue weighted by molar-refractivity contribution is 5.93. The molecule has 0 saturated heterocycles. The molecule has 0 aromatic carbocycles. The Morgan fingerprint density at radius 2 is 0.919 bits per heavy atom. The van der Waals surface area contributed by atoms with E-state index in [9.17, 15) is 9.59 Å². The van der Waals surface area contributed by atoms with Crippen molar-refractivity contribution in [2.45, 2.75) is 34.6 Å². The summed E-state index contributed by atoms with van der Waals surface area (Å²) in [6.07, 6.45) is 36.9. The second-order valence-corrected chi connectivity index (χ2v) is 9.04. The molecule has 1 rings (SSSR count). The Morgan fingerprint density at radius 3 is 1.41 bits per heavy atom. The molecule has 0 aromatic rings. The molecule has 2 amide bonds. The first-order chi connectivity index (χ1) is 17.8. The molecule has 2 atom stereocenters. The third-order valence-corrected chi connectivity index (χ3v) is 5.25. The molecule has 1 aliphatic heterocycles. The summed E-state index contributed by atoms with van der Waals surface area (Å²) in [7, 11) is 0. The average Bonchev–Trinajstić information content (AvgIpc) is 2.87. The normalized spacial score (nSPS) is 21.6. The Balaban J connectivity index is 2.92. The highest BCUT2D eigenvalue weighted by Crippen LogP contribution is 2.04. The summed E-state index contributed by atoms with van der Waals surface area (Å²) < 4.78 is 0. The maximum Gasteiger partial charge on any atom is 0.246 e. The third-order valence-electron chi connectivity index (χ3n) is 5.25. The Morgan fingerprint density at radius 1 is 0.541 bits per heavy atom. The maximum absolute atomic E-state index is 12.4. The smallest absolute Gasteiger partial charge is 0.246 e. The van der Waals surface area contributed by atoms with Gasteiger partial charge in [-0.3, -0.25) is 9.59 Å². The molecule has 0 spiro atoms. The van der Waals surface area contributed by atoms with Gasteiger partial charge in [0.15, 0.2) is 0 Å². The molecule has 0 saturated carbocycles. The molecule has 1 aliphatic rings. The second-order valence-electron chi connectivity index (χ2n) is 9.04. The molecule has 0 bridgehead atoms. The van der Waals surface area contributed by atoms with Gasteiger partial charge in [0.2, 0.25) is 11.8 Å². The van der Waals surface area contributed by atoms with Gasteiger partial charge in [0, 0.05) is 24.2 Å². The number of carbonyl (C=O) groups is 2. The number of allylic oxidation sites excluding steroid dienone is 18. The van der Waals surface area contributed by atoms with E-state index in [-0.39, 0.29) is 23.7 Å². The number of nitrogens with one attached hydrogen (secondary N) is 2. The first kappa shape index (κ1) is 31.1. The van der Waals surface area contributed by atoms with Gasteiger partial charge in [0.05, 0.1) is 0 Å². The van der Waals surface area contributed by atoms with Gasteiger partial charge in [-0.15, -0.1) is 0 Å². The predicted molar refractivity (Wildman–Crippen MR) is 159 cm³/mol. The van der Waals surface area contributed by atoms with Crippen molar-refractivity contribution in [3.8, 4) is 0 Å². The van der Waals surface area contributed by atoms with Crippen LogP contribution in [0.4, 0.5) is 0 Å². The Hall–Kier alpha value is -3.92. The summed E-state index contributed by atoms with van der Waals surface area (Å²) in [5.41, 5.74) is 2.34. The number of rotatable bonds is 0. The molecule has 0 aliphatic carbocycles. The van der Waals surface area contributed by atoms with Gasteiger partial charge in [0.25, 0.3) is 0 Å². The van der Waals surface area contributed by atoms with E-state index in [4.69, 9.17) is 0 Å². The van der Waals surface area contributed by atoms with Crippen molar-refractivity contribution < 1.29 is 9.59 Å². The predicted octanol–water partition coefficient (Wildman–Crippen LogP) is 6.79. The van der Waals surface area contributed by atoms with Gasteiger partial charge < -0.3 is 10.6 Å². The number of amides is 2. The van der Waals surface area contributed by atoms with E-state index < -0.39 is 0 Å². The van der Waals surface area contributed by atoms with Crippen LogP contribution in [0.15, 0.2) is 132 Å². The van der Waals surface area contributed by atoms with Crippen molar-refractivity contribution >= 4 is 11.8 Å². The quantitative estimate of drug-likeness (QED) is 0.386. The summed E-state index contributed by atoms with van der Waals surface area (Å²) in [4.78, 5) is 24.6. The lowest BCUT2D eigenvalue weighted by Crippen LogP contribution is -2.28. The van der Waals surface area contributed by atoms with Crippen molar-refractivity contribution in [3.63, 3.8) is 0 Å². The van der Waals surface area contributed by atoms with Crippen molar-refractivity contribution in [2.24, 2.45) is 11.8 Å². The zero-order chi connectivity index (χ0) is 27.3. The second kappa shape index (κ2) is 19.3. The van der Waals surface area contributed by atoms with Crippen molar-refractivity contribution in [1.29, 1.82) is 0 Å². The number of hydrogen-bond acceptors (Lipinski definition) is 2. The molecule has 196 valence electrons. The van der Waals surface area contributed by atoms with Crippen molar-refractivity contribution in [1.82, 2.24) is 10.6 Å². The highest BCUT2D eigenvalue weighted by atomic mass is 16.2. The van der Waals surface area contributed by atoms with E-state index in [1.807, 2.05) is 111 Å². The lowest BCUT2D eigenvalue weighted by atomic mass is 10.1. The Labute approximate surface area is 223 Å². The van der Waals surface area contributed by atoms with Gasteiger partial charge in [-0.2, -0.15) is 0 Å². The molecule has 1 heterocycles. The summed E-state index contributed by atoms with van der Waals surface area (Å²) in [5.74, 6) is 0.309. The minimum absolute atomic E-state index is 0.0592. The molecule has 0 radical (unpaired) electrons. The van der Waals surface area contributed by atoms with Crippen molar-refractivity contribution in [2.75, 3.05) is 13.1 Å². The standard InChI is InChI=1S/C33H42N2O2/c1-27-20-16-12-8-6-9-13-17-21-28(2)25-34-32(36)30(4)23-19-15-11-7-10-14-18-22-29(3)26-35-33(37)31(5)24-27/h6-24,28-29H,25-26H2,1-5H3,(H,34,36)(H,35,37). The van der Waals surface area contributed by atoms with E-state index in [0.717, 1.165) is 5.57 Å². The first-order valence-electron chi connectivity index (χ1n) is 12.7. The third kappa shape index (κ3) is 16.4. The van der Waals surface area contributed by atoms with Gasteiger partial charge in [-0.25, -0.2) is 0 Å². The van der Waals surface area contributed by atoms with Crippen LogP contribution in [-0.2, 0) is 9.59 Å². The van der Waals surface area contributed by atoms with Crippen LogP contribution in [0.25, 0.3) is 0 Å². The molecule has 0 fully saturated rings. The first-order valence-corrected chi connectivity index (χ1v) is 12.7. The fourth-order valence-corrected chi connectivity index (χ4v) is 3.01. The average molecular weight is 499 g/mol. The van der Waals surface area contributed by atoms with Crippen LogP contribution in [0, 0.1) is 11.8 Å². The summed E-state index contributed by atoms with van der Waals surface area (Å²) in [6.45, 7) is 10.9. The molecular weight excluding hydrogens is 456 g/mol. The molecule has 4 nitrogen and oxygen atoms in total. The highest BCUT2D eigenvalue weighted by Gasteiger charge is 2.05. The topological polar surface area (TPSA) is 58.2 Å². The van der Waals surface area contributed by atoms with Gasteiger partial charge in [-0.1, -0.05) is 135 Å². The van der Waals surface area contributed by atoms with Gasteiger partial charge in [-0.05, 0) is 32.6 Å². The van der Waals surface area contributed by atoms with Crippen molar-refractivity contribution in [3.05, 3.63) is 132 Å². The number of carbonyl (C=O) groups excluding carboxylic acids is 2. The zero-order valence-corrected chi connectivity index (χ0v) is 22.9. The summed E-state index contributed by atoms with van der Waals surface area (Å²) in [5, 5.41) is 5.95. The van der Waals surface area contributed by atoms with E-state index >= 15 is 0 Å². The van der Waals surface area contributed by atoms with Crippen LogP contribution < -0.4 is 10.6 Å². The summed E-state index contributed by atoms with van der Waals surface area (Å²) >= 11 is 0. The van der Waals surface area contributed by atoms with Crippen LogP contribution in [0.2, 0.25) is 0 Å². The maximum atomic E-state index is 12.4. The van der Waals surface area contributed by atoms with Crippen LogP contribution >= 0.6 is 0 Å². The summed E-state index contributed by atoms with van der Waals surface area (Å²) in [6, 6.07) is 0. The van der Waals surface area contributed by atoms with Crippen LogP contribution in [0.1, 0.15) is 34.6 Å². The van der Waals surface area contributed by atoms with Crippen LogP contribution in [0.5, 0.6) is 0 Å². The Bertz CT molecular complexity index is 1070. The Kier molecular flexibility index (Phi) is 16.2. The van der Waals surface area contributed by atoms with E-state index in [2.05, 4.69) is 36.6 Å². The molecular formula is C33H42N2O2. The SMILES string of the molecule is CC1=CC=CC=CC=CC=CC(C)CNC(=O)C(C)=CC=CC=CC=CC=CC(C)CNC(=O)C(C)=C1. The van der Waals surface area contributed by atoms with E-state index in [0.29, 0.717) is 24.2 Å². The monoisotopic (exact) mass is 498 g/mol. The van der Waals surface area contributed by atoms with E-state index in [1.54, 1.807) is 13.0 Å². The fraction of sp³-hybridized carbons (Fsp3) is 0.273. The van der Waals surface area contributed by atoms with Gasteiger partial charge in [0.1, 0.15) is 0 Å². The van der Waals surface area contributed by atoms with Crippen LogP contribution in [0.3, 0.4) is 0 Å².